The summed E-state index contributed by atoms with van der Waals surface area (Å²) in [5.41, 5.74) is 2.60. The summed E-state index contributed by atoms with van der Waals surface area (Å²) in [5.74, 6) is -1.67. The highest BCUT2D eigenvalue weighted by Crippen LogP contribution is 2.30. The van der Waals surface area contributed by atoms with Crippen molar-refractivity contribution >= 4 is 46.1 Å². The zero-order valence-corrected chi connectivity index (χ0v) is 19.1. The van der Waals surface area contributed by atoms with E-state index in [4.69, 9.17) is 0 Å². The molecule has 0 bridgehead atoms. The zero-order chi connectivity index (χ0) is 23.5. The van der Waals surface area contributed by atoms with Gasteiger partial charge in [0.15, 0.2) is 18.2 Å². The van der Waals surface area contributed by atoms with Crippen LogP contribution in [0.5, 0.6) is 5.95 Å². The van der Waals surface area contributed by atoms with Crippen LogP contribution in [-0.2, 0) is 11.8 Å². The summed E-state index contributed by atoms with van der Waals surface area (Å²) >= 11 is 1.07. The monoisotopic (exact) mass is 463 g/mol. The van der Waals surface area contributed by atoms with E-state index >= 15 is 0 Å². The smallest absolute Gasteiger partial charge is 0.300 e. The fourth-order valence-electron chi connectivity index (χ4n) is 3.23. The van der Waals surface area contributed by atoms with E-state index in [-0.39, 0.29) is 23.1 Å². The first-order chi connectivity index (χ1) is 15.8. The Balaban J connectivity index is 1.62. The molecule has 2 aromatic carbocycles. The minimum Gasteiger partial charge on any atom is -0.539 e. The molecule has 1 aromatic heterocycles. The van der Waals surface area contributed by atoms with Gasteiger partial charge in [-0.05, 0) is 35.9 Å². The van der Waals surface area contributed by atoms with Gasteiger partial charge in [0.05, 0.1) is 16.7 Å². The highest BCUT2D eigenvalue weighted by molar-refractivity contribution is 8.14. The molecule has 0 fully saturated rings. The number of para-hydroxylation sites is 1. The van der Waals surface area contributed by atoms with E-state index < -0.39 is 11.7 Å². The van der Waals surface area contributed by atoms with E-state index in [0.29, 0.717) is 10.9 Å². The largest absolute Gasteiger partial charge is 0.539 e. The number of carbonyl (C=O) groups is 2. The lowest BCUT2D eigenvalue weighted by atomic mass is 10.1. The molecule has 4 rings (SSSR count). The fourth-order valence-corrected chi connectivity index (χ4v) is 4.11. The first-order valence-electron chi connectivity index (χ1n) is 10.0. The van der Waals surface area contributed by atoms with Crippen LogP contribution in [0.1, 0.15) is 16.1 Å². The lowest BCUT2D eigenvalue weighted by molar-refractivity contribution is -0.741. The van der Waals surface area contributed by atoms with Crippen molar-refractivity contribution in [3.8, 4) is 5.95 Å². The molecule has 9 nitrogen and oxygen atoms in total. The van der Waals surface area contributed by atoms with Gasteiger partial charge in [-0.3, -0.25) is 14.5 Å². The molecule has 0 radical (unpaired) electrons. The molecule has 0 saturated heterocycles. The molecule has 0 saturated carbocycles. The van der Waals surface area contributed by atoms with Crippen molar-refractivity contribution in [2.75, 3.05) is 29.6 Å². The van der Waals surface area contributed by atoms with Crippen LogP contribution in [0.15, 0.2) is 69.8 Å². The Labute approximate surface area is 194 Å². The summed E-state index contributed by atoms with van der Waals surface area (Å²) in [5, 5.41) is 15.6. The van der Waals surface area contributed by atoms with E-state index in [1.54, 1.807) is 18.2 Å². The molecule has 0 N–H and O–H groups in total. The van der Waals surface area contributed by atoms with Crippen molar-refractivity contribution in [1.29, 1.82) is 0 Å². The Morgan fingerprint density at radius 1 is 1.18 bits per heavy atom. The number of amides is 1. The van der Waals surface area contributed by atoms with E-state index in [9.17, 15) is 14.7 Å². The van der Waals surface area contributed by atoms with Gasteiger partial charge in [0.1, 0.15) is 5.70 Å². The first kappa shape index (κ1) is 22.3. The topological polar surface area (TPSA) is 106 Å². The summed E-state index contributed by atoms with van der Waals surface area (Å²) in [6.45, 7) is 0. The predicted molar refractivity (Wildman–Crippen MR) is 124 cm³/mol. The van der Waals surface area contributed by atoms with Gasteiger partial charge in [-0.25, -0.2) is 4.99 Å². The predicted octanol–water partition coefficient (Wildman–Crippen LogP) is 2.00. The lowest BCUT2D eigenvalue weighted by Crippen LogP contribution is -2.38. The van der Waals surface area contributed by atoms with E-state index in [1.807, 2.05) is 61.5 Å². The van der Waals surface area contributed by atoms with Crippen LogP contribution in [0.2, 0.25) is 0 Å². The third kappa shape index (κ3) is 4.65. The Bertz CT molecular complexity index is 1230. The number of rotatable bonds is 6. The van der Waals surface area contributed by atoms with Crippen molar-refractivity contribution in [3.63, 3.8) is 0 Å². The van der Waals surface area contributed by atoms with Crippen LogP contribution in [-0.4, -0.2) is 42.0 Å². The van der Waals surface area contributed by atoms with E-state index in [1.165, 1.54) is 11.9 Å². The Hall–Kier alpha value is -3.92. The first-order valence-corrected chi connectivity index (χ1v) is 11.0. The van der Waals surface area contributed by atoms with Crippen LogP contribution in [0, 0.1) is 0 Å². The van der Waals surface area contributed by atoms with Crippen LogP contribution in [0.25, 0.3) is 6.08 Å². The molecule has 2 heterocycles. The van der Waals surface area contributed by atoms with Gasteiger partial charge in [0.2, 0.25) is 5.78 Å². The van der Waals surface area contributed by atoms with Crippen molar-refractivity contribution in [3.05, 3.63) is 71.6 Å². The summed E-state index contributed by atoms with van der Waals surface area (Å²) in [6, 6.07) is 16.8. The molecular formula is C23H21N5O4S. The number of Topliss-reactive ketones (excluding diaryl/α,β-unsaturated/α-hetero) is 1. The number of hydrogen-bond donors (Lipinski definition) is 0. The average molecular weight is 464 g/mol. The zero-order valence-electron chi connectivity index (χ0n) is 18.3. The molecular weight excluding hydrogens is 442 g/mol. The second-order valence-electron chi connectivity index (χ2n) is 7.43. The number of thioether (sulfide) groups is 1. The Kier molecular flexibility index (Phi) is 6.27. The van der Waals surface area contributed by atoms with Gasteiger partial charge in [-0.2, -0.15) is 0 Å². The van der Waals surface area contributed by atoms with Crippen molar-refractivity contribution < 1.29 is 23.9 Å². The number of anilines is 2. The van der Waals surface area contributed by atoms with Crippen molar-refractivity contribution in [2.24, 2.45) is 12.0 Å². The minimum atomic E-state index is -0.797. The van der Waals surface area contributed by atoms with Gasteiger partial charge < -0.3 is 14.5 Å². The van der Waals surface area contributed by atoms with Gasteiger partial charge in [-0.1, -0.05) is 46.8 Å². The molecule has 0 aliphatic carbocycles. The molecule has 1 aliphatic heterocycles. The molecule has 0 spiro atoms. The Morgan fingerprint density at radius 3 is 2.48 bits per heavy atom. The molecule has 0 atom stereocenters. The molecule has 3 aromatic rings. The number of ketones is 1. The normalized spacial score (nSPS) is 14.6. The second-order valence-corrected chi connectivity index (χ2v) is 8.37. The quantitative estimate of drug-likeness (QED) is 0.313. The van der Waals surface area contributed by atoms with Gasteiger partial charge >= 0.3 is 0 Å². The molecule has 1 amide bonds. The maximum atomic E-state index is 13.2. The molecule has 10 heteroatoms. The number of aromatic nitrogens is 2. The van der Waals surface area contributed by atoms with E-state index in [2.05, 4.69) is 14.8 Å². The Morgan fingerprint density at radius 2 is 1.88 bits per heavy atom. The van der Waals surface area contributed by atoms with Crippen molar-refractivity contribution in [2.45, 2.75) is 0 Å². The third-order valence-electron chi connectivity index (χ3n) is 4.92. The van der Waals surface area contributed by atoms with Crippen LogP contribution in [0.4, 0.5) is 11.4 Å². The molecule has 0 unspecified atom stereocenters. The van der Waals surface area contributed by atoms with Crippen LogP contribution in [0.3, 0.4) is 0 Å². The number of carbonyl (C=O) groups excluding carboxylic acids is 2. The number of hydrogen-bond acceptors (Lipinski definition) is 8. The van der Waals surface area contributed by atoms with Gasteiger partial charge in [-0.15, -0.1) is 0 Å². The van der Waals surface area contributed by atoms with Crippen molar-refractivity contribution in [1.82, 2.24) is 5.27 Å². The maximum Gasteiger partial charge on any atom is 0.300 e. The standard InChI is InChI=1S/C23H21N5O4S/c1-26(2)16-11-9-15(10-12-16)13-18-21(30)28(17-7-5-4-6-8-17)23(24-18)33-14-19(29)20-22(31)32-25-27(20)3/h4-13H,14H2,1-3H3/b18-13+. The van der Waals surface area contributed by atoms with Crippen LogP contribution < -0.4 is 19.6 Å². The number of aryl methyl sites for hydroxylation is 1. The summed E-state index contributed by atoms with van der Waals surface area (Å²) < 4.78 is 5.62. The van der Waals surface area contributed by atoms with Crippen LogP contribution >= 0.6 is 11.8 Å². The fraction of sp³-hybridized carbons (Fsp3) is 0.174. The number of aliphatic imine (C=N–C) groups is 1. The summed E-state index contributed by atoms with van der Waals surface area (Å²) in [6.07, 6.45) is 1.71. The molecule has 33 heavy (non-hydrogen) atoms. The van der Waals surface area contributed by atoms with Gasteiger partial charge in [0, 0.05) is 19.8 Å². The molecule has 168 valence electrons. The average Bonchev–Trinajstić information content (AvgIpc) is 3.31. The SMILES string of the molecule is CN(C)c1ccc(/C=C2/N=C(SCC(=O)c3c([O-])on[n+]3C)N(c3ccccc3)C2=O)cc1. The highest BCUT2D eigenvalue weighted by atomic mass is 32.2. The number of benzene rings is 2. The van der Waals surface area contributed by atoms with Gasteiger partial charge in [0.25, 0.3) is 11.6 Å². The van der Waals surface area contributed by atoms with E-state index in [0.717, 1.165) is 27.7 Å². The second kappa shape index (κ2) is 9.29. The third-order valence-corrected chi connectivity index (χ3v) is 5.86. The molecule has 1 aliphatic rings. The maximum absolute atomic E-state index is 13.2. The number of amidine groups is 1. The lowest BCUT2D eigenvalue weighted by Gasteiger charge is -2.17. The highest BCUT2D eigenvalue weighted by Gasteiger charge is 2.33. The summed E-state index contributed by atoms with van der Waals surface area (Å²) in [7, 11) is 5.37. The minimum absolute atomic E-state index is 0.107. The number of nitrogens with zero attached hydrogens (tertiary/aromatic N) is 5. The summed E-state index contributed by atoms with van der Waals surface area (Å²) in [4.78, 5) is 33.8.